The van der Waals surface area contributed by atoms with Crippen molar-refractivity contribution in [3.05, 3.63) is 59.4 Å². The minimum atomic E-state index is -4.27. The highest BCUT2D eigenvalue weighted by molar-refractivity contribution is 7.89. The molecule has 0 N–H and O–H groups in total. The highest BCUT2D eigenvalue weighted by Gasteiger charge is 2.33. The van der Waals surface area contributed by atoms with E-state index in [-0.39, 0.29) is 18.9 Å². The minimum absolute atomic E-state index is 0.0771. The molecule has 27 heavy (non-hydrogen) atoms. The summed E-state index contributed by atoms with van der Waals surface area (Å²) in [5.41, 5.74) is 0.647. The molecule has 0 unspecified atom stereocenters. The first-order chi connectivity index (χ1) is 12.8. The number of piperazine rings is 1. The van der Waals surface area contributed by atoms with Crippen molar-refractivity contribution in [3.8, 4) is 5.75 Å². The van der Waals surface area contributed by atoms with Crippen molar-refractivity contribution in [2.75, 3.05) is 33.3 Å². The number of hydrogen-bond donors (Lipinski definition) is 0. The van der Waals surface area contributed by atoms with Crippen LogP contribution in [0.4, 0.5) is 13.2 Å². The summed E-state index contributed by atoms with van der Waals surface area (Å²) in [5.74, 6) is -2.06. The molecule has 0 bridgehead atoms. The van der Waals surface area contributed by atoms with Gasteiger partial charge < -0.3 is 4.74 Å². The zero-order valence-corrected chi connectivity index (χ0v) is 15.5. The molecule has 1 fully saturated rings. The number of benzene rings is 2. The molecule has 0 radical (unpaired) electrons. The van der Waals surface area contributed by atoms with E-state index in [9.17, 15) is 21.6 Å². The van der Waals surface area contributed by atoms with Gasteiger partial charge in [0.05, 0.1) is 7.11 Å². The maximum Gasteiger partial charge on any atom is 0.249 e. The Kier molecular flexibility index (Phi) is 5.73. The van der Waals surface area contributed by atoms with E-state index in [1.165, 1.54) is 25.3 Å². The second kappa shape index (κ2) is 7.87. The summed E-state index contributed by atoms with van der Waals surface area (Å²) >= 11 is 0. The fourth-order valence-electron chi connectivity index (χ4n) is 3.10. The predicted molar refractivity (Wildman–Crippen MR) is 93.3 cm³/mol. The van der Waals surface area contributed by atoms with Crippen LogP contribution in [0.25, 0.3) is 0 Å². The van der Waals surface area contributed by atoms with Gasteiger partial charge in [0, 0.05) is 38.3 Å². The maximum absolute atomic E-state index is 13.9. The van der Waals surface area contributed by atoms with Crippen LogP contribution < -0.4 is 4.74 Å². The molecule has 1 saturated heterocycles. The summed E-state index contributed by atoms with van der Waals surface area (Å²) in [4.78, 5) is 1.01. The second-order valence-corrected chi connectivity index (χ2v) is 8.06. The molecule has 1 aliphatic rings. The first-order valence-corrected chi connectivity index (χ1v) is 9.76. The normalized spacial score (nSPS) is 16.4. The molecule has 2 aromatic carbocycles. The Hall–Kier alpha value is -2.10. The number of methoxy groups -OCH3 is 1. The van der Waals surface area contributed by atoms with Crippen LogP contribution >= 0.6 is 0 Å². The molecule has 9 heteroatoms. The molecule has 1 heterocycles. The van der Waals surface area contributed by atoms with Crippen LogP contribution in [-0.2, 0) is 16.6 Å². The zero-order chi connectivity index (χ0) is 19.6. The molecule has 2 aromatic rings. The van der Waals surface area contributed by atoms with Gasteiger partial charge in [0.2, 0.25) is 10.0 Å². The van der Waals surface area contributed by atoms with Gasteiger partial charge in [-0.25, -0.2) is 21.6 Å². The Balaban J connectivity index is 1.71. The maximum atomic E-state index is 13.9. The SMILES string of the molecule is COc1ccc(F)cc1CN1CCN(S(=O)(=O)c2c(F)cccc2F)CC1. The smallest absolute Gasteiger partial charge is 0.249 e. The molecule has 5 nitrogen and oxygen atoms in total. The highest BCUT2D eigenvalue weighted by Crippen LogP contribution is 2.25. The largest absolute Gasteiger partial charge is 0.496 e. The number of nitrogens with zero attached hydrogens (tertiary/aromatic N) is 2. The van der Waals surface area contributed by atoms with Gasteiger partial charge in [0.15, 0.2) is 4.90 Å². The number of halogens is 3. The monoisotopic (exact) mass is 400 g/mol. The lowest BCUT2D eigenvalue weighted by Crippen LogP contribution is -2.48. The molecule has 0 atom stereocenters. The van der Waals surface area contributed by atoms with Crippen molar-refractivity contribution in [2.24, 2.45) is 0 Å². The summed E-state index contributed by atoms with van der Waals surface area (Å²) in [6.45, 7) is 1.22. The van der Waals surface area contributed by atoms with Gasteiger partial charge in [-0.1, -0.05) is 6.07 Å². The number of sulfonamides is 1. The van der Waals surface area contributed by atoms with Crippen LogP contribution in [0, 0.1) is 17.5 Å². The Morgan fingerprint density at radius 3 is 2.22 bits per heavy atom. The third-order valence-corrected chi connectivity index (χ3v) is 6.44. The van der Waals surface area contributed by atoms with Gasteiger partial charge in [-0.15, -0.1) is 0 Å². The van der Waals surface area contributed by atoms with Crippen molar-refractivity contribution in [3.63, 3.8) is 0 Å². The first-order valence-electron chi connectivity index (χ1n) is 8.32. The van der Waals surface area contributed by atoms with Crippen molar-refractivity contribution in [1.29, 1.82) is 0 Å². The summed E-state index contributed by atoms with van der Waals surface area (Å²) in [5, 5.41) is 0. The summed E-state index contributed by atoms with van der Waals surface area (Å²) < 4.78 is 72.7. The van der Waals surface area contributed by atoms with Gasteiger partial charge >= 0.3 is 0 Å². The summed E-state index contributed by atoms with van der Waals surface area (Å²) in [7, 11) is -2.78. The molecular formula is C18H19F3N2O3S. The van der Waals surface area contributed by atoms with E-state index in [0.717, 1.165) is 22.5 Å². The van der Waals surface area contributed by atoms with E-state index >= 15 is 0 Å². The number of rotatable bonds is 5. The van der Waals surface area contributed by atoms with E-state index < -0.39 is 26.6 Å². The molecule has 0 spiro atoms. The van der Waals surface area contributed by atoms with E-state index in [4.69, 9.17) is 4.74 Å². The van der Waals surface area contributed by atoms with Crippen molar-refractivity contribution < 1.29 is 26.3 Å². The summed E-state index contributed by atoms with van der Waals surface area (Å²) in [6.07, 6.45) is 0. The average molecular weight is 400 g/mol. The van der Waals surface area contributed by atoms with Gasteiger partial charge in [-0.3, -0.25) is 4.90 Å². The zero-order valence-electron chi connectivity index (χ0n) is 14.7. The van der Waals surface area contributed by atoms with Crippen LogP contribution in [-0.4, -0.2) is 50.9 Å². The third kappa shape index (κ3) is 4.10. The van der Waals surface area contributed by atoms with Crippen molar-refractivity contribution in [2.45, 2.75) is 11.4 Å². The quantitative estimate of drug-likeness (QED) is 0.774. The topological polar surface area (TPSA) is 49.9 Å². The molecule has 146 valence electrons. The van der Waals surface area contributed by atoms with Crippen LogP contribution in [0.3, 0.4) is 0 Å². The van der Waals surface area contributed by atoms with Crippen LogP contribution in [0.1, 0.15) is 5.56 Å². The molecule has 3 rings (SSSR count). The van der Waals surface area contributed by atoms with Crippen molar-refractivity contribution >= 4 is 10.0 Å². The van der Waals surface area contributed by atoms with Crippen LogP contribution in [0.5, 0.6) is 5.75 Å². The fraction of sp³-hybridized carbons (Fsp3) is 0.333. The Labute approximate surface area is 156 Å². The van der Waals surface area contributed by atoms with Gasteiger partial charge in [0.1, 0.15) is 23.2 Å². The average Bonchev–Trinajstić information content (AvgIpc) is 2.62. The molecule has 0 saturated carbocycles. The van der Waals surface area contributed by atoms with Crippen LogP contribution in [0.2, 0.25) is 0 Å². The fourth-order valence-corrected chi connectivity index (χ4v) is 4.63. The molecule has 0 aromatic heterocycles. The molecule has 0 aliphatic carbocycles. The lowest BCUT2D eigenvalue weighted by atomic mass is 10.1. The third-order valence-electron chi connectivity index (χ3n) is 4.48. The standard InChI is InChI=1S/C18H19F3N2O3S/c1-26-17-6-5-14(19)11-13(17)12-22-7-9-23(10-8-22)27(24,25)18-15(20)3-2-4-16(18)21/h2-6,11H,7-10,12H2,1H3. The van der Waals surface area contributed by atoms with Gasteiger partial charge in [-0.2, -0.15) is 4.31 Å². The van der Waals surface area contributed by atoms with E-state index in [0.29, 0.717) is 30.9 Å². The lowest BCUT2D eigenvalue weighted by Gasteiger charge is -2.34. The van der Waals surface area contributed by atoms with Crippen molar-refractivity contribution in [1.82, 2.24) is 9.21 Å². The Morgan fingerprint density at radius 1 is 1.00 bits per heavy atom. The van der Waals surface area contributed by atoms with E-state index in [1.807, 2.05) is 4.90 Å². The first kappa shape index (κ1) is 19.7. The number of ether oxygens (including phenoxy) is 1. The number of hydrogen-bond acceptors (Lipinski definition) is 4. The molecule has 0 amide bonds. The minimum Gasteiger partial charge on any atom is -0.496 e. The summed E-state index contributed by atoms with van der Waals surface area (Å²) in [6, 6.07) is 7.16. The van der Waals surface area contributed by atoms with E-state index in [1.54, 1.807) is 0 Å². The van der Waals surface area contributed by atoms with Crippen LogP contribution in [0.15, 0.2) is 41.3 Å². The molecule has 1 aliphatic heterocycles. The Bertz CT molecular complexity index is 909. The second-order valence-electron chi connectivity index (χ2n) is 6.19. The highest BCUT2D eigenvalue weighted by atomic mass is 32.2. The Morgan fingerprint density at radius 2 is 1.63 bits per heavy atom. The lowest BCUT2D eigenvalue weighted by molar-refractivity contribution is 0.179. The molecular weight excluding hydrogens is 381 g/mol. The van der Waals surface area contributed by atoms with Gasteiger partial charge in [0.25, 0.3) is 0 Å². The predicted octanol–water partition coefficient (Wildman–Crippen LogP) is 2.62. The van der Waals surface area contributed by atoms with E-state index in [2.05, 4.69) is 0 Å². The van der Waals surface area contributed by atoms with Gasteiger partial charge in [-0.05, 0) is 30.3 Å².